The van der Waals surface area contributed by atoms with Crippen LogP contribution in [0.3, 0.4) is 0 Å². The molecule has 0 aliphatic carbocycles. The predicted octanol–water partition coefficient (Wildman–Crippen LogP) is 3.03. The summed E-state index contributed by atoms with van der Waals surface area (Å²) in [5.74, 6) is -2.10. The highest BCUT2D eigenvalue weighted by Crippen LogP contribution is 2.36. The Morgan fingerprint density at radius 1 is 1.14 bits per heavy atom. The Bertz CT molecular complexity index is 1250. The summed E-state index contributed by atoms with van der Waals surface area (Å²) in [6.07, 6.45) is 2.35. The maximum Gasteiger partial charge on any atom is 0.251 e. The molecule has 4 N–H and O–H groups in total. The molecule has 0 aromatic heterocycles. The van der Waals surface area contributed by atoms with E-state index < -0.39 is 27.9 Å². The number of hydrogen-bond acceptors (Lipinski definition) is 8. The summed E-state index contributed by atoms with van der Waals surface area (Å²) in [5, 5.41) is 20.5. The molecule has 2 aliphatic rings. The second kappa shape index (κ2) is 15.3. The molecule has 2 fully saturated rings. The van der Waals surface area contributed by atoms with Gasteiger partial charge in [0, 0.05) is 55.1 Å². The molecular weight excluding hydrogens is 566 g/mol. The van der Waals surface area contributed by atoms with Crippen LogP contribution in [0.2, 0.25) is 0 Å². The Morgan fingerprint density at radius 3 is 2.42 bits per heavy atom. The molecule has 4 amide bonds. The first kappa shape index (κ1) is 33.9. The molecule has 234 valence electrons. The van der Waals surface area contributed by atoms with E-state index in [0.717, 1.165) is 25.2 Å². The lowest BCUT2D eigenvalue weighted by Gasteiger charge is -2.25. The van der Waals surface area contributed by atoms with E-state index in [4.69, 9.17) is 0 Å². The second-order valence-electron chi connectivity index (χ2n) is 12.1. The van der Waals surface area contributed by atoms with Crippen LogP contribution in [-0.2, 0) is 14.4 Å². The van der Waals surface area contributed by atoms with Crippen molar-refractivity contribution < 1.29 is 19.2 Å². The van der Waals surface area contributed by atoms with Gasteiger partial charge in [0.05, 0.1) is 6.07 Å². The molecule has 0 radical (unpaired) electrons. The van der Waals surface area contributed by atoms with Gasteiger partial charge >= 0.3 is 0 Å². The lowest BCUT2D eigenvalue weighted by molar-refractivity contribution is -0.131. The molecule has 11 nitrogen and oxygen atoms in total. The van der Waals surface area contributed by atoms with Crippen LogP contribution in [0.15, 0.2) is 30.4 Å². The molecule has 0 bridgehead atoms. The van der Waals surface area contributed by atoms with Gasteiger partial charge in [-0.1, -0.05) is 32.9 Å². The van der Waals surface area contributed by atoms with Gasteiger partial charge in [0.15, 0.2) is 5.92 Å². The van der Waals surface area contributed by atoms with E-state index in [1.807, 2.05) is 27.7 Å². The monoisotopic (exact) mass is 611 g/mol. The third-order valence-electron chi connectivity index (χ3n) is 7.32. The van der Waals surface area contributed by atoms with E-state index in [9.17, 15) is 24.4 Å². The summed E-state index contributed by atoms with van der Waals surface area (Å²) in [6.45, 7) is 17.0. The van der Waals surface area contributed by atoms with Crippen LogP contribution < -0.4 is 21.3 Å². The van der Waals surface area contributed by atoms with Crippen LogP contribution in [0.5, 0.6) is 0 Å². The van der Waals surface area contributed by atoms with Crippen molar-refractivity contribution in [3.05, 3.63) is 35.9 Å². The topological polar surface area (TPSA) is 147 Å². The average molecular weight is 612 g/mol. The fourth-order valence-corrected chi connectivity index (χ4v) is 6.35. The molecule has 1 aromatic carbocycles. The zero-order valence-electron chi connectivity index (χ0n) is 25.9. The fraction of sp³-hybridized carbons (Fsp3) is 0.581. The molecular formula is C31H45N7O4S. The summed E-state index contributed by atoms with van der Waals surface area (Å²) >= 11 is 1.27. The van der Waals surface area contributed by atoms with E-state index in [1.165, 1.54) is 24.6 Å². The molecule has 0 spiro atoms. The lowest BCUT2D eigenvalue weighted by Crippen LogP contribution is -2.44. The zero-order valence-corrected chi connectivity index (χ0v) is 26.7. The molecule has 2 saturated heterocycles. The van der Waals surface area contributed by atoms with Crippen LogP contribution in [-0.4, -0.2) is 89.9 Å². The molecule has 1 aromatic rings. The van der Waals surface area contributed by atoms with Crippen molar-refractivity contribution in [2.45, 2.75) is 58.1 Å². The van der Waals surface area contributed by atoms with Crippen LogP contribution in [0.1, 0.15) is 57.8 Å². The van der Waals surface area contributed by atoms with Gasteiger partial charge in [-0.05, 0) is 58.0 Å². The first-order valence-electron chi connectivity index (χ1n) is 14.8. The predicted molar refractivity (Wildman–Crippen MR) is 171 cm³/mol. The van der Waals surface area contributed by atoms with Crippen LogP contribution in [0.25, 0.3) is 0 Å². The number of likely N-dealkylation sites (tertiary alicyclic amines) is 1. The van der Waals surface area contributed by atoms with Crippen molar-refractivity contribution in [2.75, 3.05) is 56.4 Å². The molecule has 12 heteroatoms. The van der Waals surface area contributed by atoms with Gasteiger partial charge in [0.25, 0.3) is 5.91 Å². The van der Waals surface area contributed by atoms with Crippen LogP contribution in [0.4, 0.5) is 11.4 Å². The maximum absolute atomic E-state index is 13.3. The van der Waals surface area contributed by atoms with Gasteiger partial charge < -0.3 is 31.1 Å². The summed E-state index contributed by atoms with van der Waals surface area (Å²) in [6, 6.07) is 7.14. The number of nitriles is 1. The van der Waals surface area contributed by atoms with Crippen molar-refractivity contribution in [3.63, 3.8) is 0 Å². The number of nitrogens with zero attached hydrogens (tertiary/aromatic N) is 3. The van der Waals surface area contributed by atoms with Crippen LogP contribution >= 0.6 is 11.8 Å². The first-order valence-corrected chi connectivity index (χ1v) is 15.8. The first-order chi connectivity index (χ1) is 20.3. The van der Waals surface area contributed by atoms with Crippen molar-refractivity contribution in [2.24, 2.45) is 11.3 Å². The van der Waals surface area contributed by atoms with Gasteiger partial charge in [-0.2, -0.15) is 5.26 Å². The van der Waals surface area contributed by atoms with Crippen molar-refractivity contribution >= 4 is 46.8 Å². The number of thioether (sulfide) groups is 1. The highest BCUT2D eigenvalue weighted by molar-refractivity contribution is 8.01. The van der Waals surface area contributed by atoms with Crippen LogP contribution in [0, 0.1) is 22.7 Å². The minimum atomic E-state index is -1.04. The standard InChI is InChI=1S/C31H45N7O4S/c1-7-38-28(41)25(43-29(38)24(17-32)27(40)35-18-20(2)3)19-34-22-14-21(15-23(16-22)36-30(42)31(4,5)6)26(39)33-10-13-37-11-8-9-12-37/h14-16,24-25,29,34H,2,7-13,18-19H2,1,3-6H3,(H,33,39)(H,35,40)(H,36,42)/t24?,25-,29?/m1/s1. The third-order valence-corrected chi connectivity index (χ3v) is 8.82. The highest BCUT2D eigenvalue weighted by atomic mass is 32.2. The number of carbonyl (C=O) groups excluding carboxylic acids is 4. The van der Waals surface area contributed by atoms with Crippen molar-refractivity contribution in [1.82, 2.24) is 20.4 Å². The smallest absolute Gasteiger partial charge is 0.251 e. The van der Waals surface area contributed by atoms with Gasteiger partial charge in [-0.15, -0.1) is 11.8 Å². The van der Waals surface area contributed by atoms with Crippen molar-refractivity contribution in [3.8, 4) is 6.07 Å². The molecule has 2 aliphatic heterocycles. The van der Waals surface area contributed by atoms with Gasteiger partial charge in [0.1, 0.15) is 10.6 Å². The molecule has 3 rings (SSSR count). The van der Waals surface area contributed by atoms with Gasteiger partial charge in [-0.3, -0.25) is 19.2 Å². The largest absolute Gasteiger partial charge is 0.383 e. The van der Waals surface area contributed by atoms with Crippen molar-refractivity contribution in [1.29, 1.82) is 5.26 Å². The number of hydrogen-bond donors (Lipinski definition) is 4. The van der Waals surface area contributed by atoms with E-state index >= 15 is 0 Å². The quantitative estimate of drug-likeness (QED) is 0.249. The molecule has 2 heterocycles. The summed E-state index contributed by atoms with van der Waals surface area (Å²) in [4.78, 5) is 55.8. The van der Waals surface area contributed by atoms with E-state index in [-0.39, 0.29) is 30.8 Å². The fourth-order valence-electron chi connectivity index (χ4n) is 4.84. The number of carbonyl (C=O) groups is 4. The van der Waals surface area contributed by atoms with Gasteiger partial charge in [-0.25, -0.2) is 0 Å². The SMILES string of the molecule is C=C(C)CNC(=O)C(C#N)C1S[C@H](CNc2cc(NC(=O)C(C)(C)C)cc(C(=O)NCCN3CCCC3)c2)C(=O)N1CC. The number of rotatable bonds is 13. The molecule has 3 atom stereocenters. The number of nitrogens with one attached hydrogen (secondary N) is 4. The Kier molecular flexibility index (Phi) is 12.0. The third kappa shape index (κ3) is 9.46. The molecule has 2 unspecified atom stereocenters. The Hall–Kier alpha value is -3.56. The molecule has 43 heavy (non-hydrogen) atoms. The summed E-state index contributed by atoms with van der Waals surface area (Å²) < 4.78 is 0. The van der Waals surface area contributed by atoms with E-state index in [0.29, 0.717) is 30.0 Å². The summed E-state index contributed by atoms with van der Waals surface area (Å²) in [5.41, 5.74) is 1.53. The second-order valence-corrected chi connectivity index (χ2v) is 13.4. The minimum absolute atomic E-state index is 0.171. The zero-order chi connectivity index (χ0) is 31.7. The highest BCUT2D eigenvalue weighted by Gasteiger charge is 2.45. The Balaban J connectivity index is 1.74. The normalized spacial score (nSPS) is 19.4. The van der Waals surface area contributed by atoms with E-state index in [2.05, 4.69) is 38.8 Å². The lowest BCUT2D eigenvalue weighted by atomic mass is 9.95. The number of amides is 4. The average Bonchev–Trinajstić information content (AvgIpc) is 3.58. The number of benzene rings is 1. The van der Waals surface area contributed by atoms with E-state index in [1.54, 1.807) is 30.0 Å². The Morgan fingerprint density at radius 2 is 1.81 bits per heavy atom. The minimum Gasteiger partial charge on any atom is -0.383 e. The summed E-state index contributed by atoms with van der Waals surface area (Å²) in [7, 11) is 0. The Labute approximate surface area is 259 Å². The maximum atomic E-state index is 13.3. The molecule has 0 saturated carbocycles. The number of anilines is 2. The van der Waals surface area contributed by atoms with Gasteiger partial charge in [0.2, 0.25) is 17.7 Å².